The SMILES string of the molecule is Cc1ccc(-c2nc([C@@H](C)N(C(=O)[C@H]3CNCCO3)C3CC3)cn2CCCNO)cc1. The van der Waals surface area contributed by atoms with Crippen LogP contribution in [0, 0.1) is 6.92 Å². The first-order chi connectivity index (χ1) is 15.1. The first-order valence-corrected chi connectivity index (χ1v) is 11.2. The third kappa shape index (κ3) is 5.15. The summed E-state index contributed by atoms with van der Waals surface area (Å²) in [5, 5.41) is 12.2. The van der Waals surface area contributed by atoms with E-state index in [1.54, 1.807) is 0 Å². The van der Waals surface area contributed by atoms with Gasteiger partial charge in [-0.1, -0.05) is 29.8 Å². The zero-order valence-electron chi connectivity index (χ0n) is 18.4. The lowest BCUT2D eigenvalue weighted by Crippen LogP contribution is -2.50. The molecule has 168 valence electrons. The number of nitrogens with one attached hydrogen (secondary N) is 2. The highest BCUT2D eigenvalue weighted by atomic mass is 16.5. The Labute approximate surface area is 183 Å². The van der Waals surface area contributed by atoms with Crippen LogP contribution in [-0.2, 0) is 16.1 Å². The number of hydroxylamine groups is 1. The maximum atomic E-state index is 13.3. The molecule has 2 aliphatic rings. The number of aryl methyl sites for hydroxylation is 2. The number of carbonyl (C=O) groups excluding carboxylic acids is 1. The monoisotopic (exact) mass is 427 g/mol. The Kier molecular flexibility index (Phi) is 7.02. The highest BCUT2D eigenvalue weighted by molar-refractivity contribution is 5.82. The molecule has 1 aliphatic carbocycles. The standard InChI is InChI=1S/C23H33N5O3/c1-16-4-6-18(7-5-16)22-26-20(15-27(22)12-3-10-25-30)17(2)28(19-8-9-19)23(29)21-14-24-11-13-31-21/h4-7,15,17,19,21,24-25,30H,3,8-14H2,1-2H3/t17-,21-/m1/s1. The summed E-state index contributed by atoms with van der Waals surface area (Å²) in [6, 6.07) is 8.46. The normalized spacial score (nSPS) is 19.9. The molecular weight excluding hydrogens is 394 g/mol. The lowest BCUT2D eigenvalue weighted by Gasteiger charge is -2.33. The highest BCUT2D eigenvalue weighted by Crippen LogP contribution is 2.36. The van der Waals surface area contributed by atoms with Crippen molar-refractivity contribution < 1.29 is 14.7 Å². The van der Waals surface area contributed by atoms with Crippen molar-refractivity contribution in [2.45, 2.75) is 57.8 Å². The van der Waals surface area contributed by atoms with Crippen LogP contribution >= 0.6 is 0 Å². The molecule has 1 aromatic heterocycles. The second kappa shape index (κ2) is 9.91. The predicted octanol–water partition coefficient (Wildman–Crippen LogP) is 2.27. The van der Waals surface area contributed by atoms with Gasteiger partial charge in [-0.3, -0.25) is 4.79 Å². The van der Waals surface area contributed by atoms with Gasteiger partial charge in [0.25, 0.3) is 5.91 Å². The summed E-state index contributed by atoms with van der Waals surface area (Å²) in [6.45, 7) is 7.28. The van der Waals surface area contributed by atoms with Crippen molar-refractivity contribution in [3.63, 3.8) is 0 Å². The van der Waals surface area contributed by atoms with Gasteiger partial charge in [0, 0.05) is 44.0 Å². The molecule has 8 heteroatoms. The molecule has 2 aromatic rings. The molecule has 2 fully saturated rings. The van der Waals surface area contributed by atoms with Gasteiger partial charge in [0.15, 0.2) is 0 Å². The van der Waals surface area contributed by atoms with Crippen LogP contribution in [0.2, 0.25) is 0 Å². The van der Waals surface area contributed by atoms with Crippen LogP contribution in [0.3, 0.4) is 0 Å². The van der Waals surface area contributed by atoms with E-state index < -0.39 is 6.10 Å². The van der Waals surface area contributed by atoms with E-state index in [0.29, 0.717) is 19.7 Å². The second-order valence-corrected chi connectivity index (χ2v) is 8.53. The fourth-order valence-electron chi connectivity index (χ4n) is 4.14. The van der Waals surface area contributed by atoms with Crippen molar-refractivity contribution in [1.29, 1.82) is 0 Å². The number of imidazole rings is 1. The molecule has 4 rings (SSSR count). The molecule has 8 nitrogen and oxygen atoms in total. The molecule has 31 heavy (non-hydrogen) atoms. The predicted molar refractivity (Wildman–Crippen MR) is 118 cm³/mol. The molecule has 1 amide bonds. The molecule has 1 aromatic carbocycles. The first kappa shape index (κ1) is 22.0. The van der Waals surface area contributed by atoms with Crippen LogP contribution in [0.25, 0.3) is 11.4 Å². The fraction of sp³-hybridized carbons (Fsp3) is 0.565. The van der Waals surface area contributed by atoms with Gasteiger partial charge in [0.05, 0.1) is 18.3 Å². The van der Waals surface area contributed by atoms with E-state index in [2.05, 4.69) is 59.7 Å². The number of amides is 1. The molecule has 1 saturated carbocycles. The van der Waals surface area contributed by atoms with Crippen molar-refractivity contribution in [3.05, 3.63) is 41.7 Å². The third-order valence-corrected chi connectivity index (χ3v) is 6.04. The van der Waals surface area contributed by atoms with Crippen molar-refractivity contribution >= 4 is 5.91 Å². The van der Waals surface area contributed by atoms with Gasteiger partial charge in [-0.05, 0) is 33.1 Å². The molecule has 0 spiro atoms. The molecule has 0 unspecified atom stereocenters. The van der Waals surface area contributed by atoms with E-state index >= 15 is 0 Å². The zero-order valence-corrected chi connectivity index (χ0v) is 18.4. The summed E-state index contributed by atoms with van der Waals surface area (Å²) in [6.07, 6.45) is 4.46. The molecule has 2 atom stereocenters. The quantitative estimate of drug-likeness (QED) is 0.420. The lowest BCUT2D eigenvalue weighted by molar-refractivity contribution is -0.148. The molecule has 0 bridgehead atoms. The summed E-state index contributed by atoms with van der Waals surface area (Å²) < 4.78 is 7.88. The average Bonchev–Trinajstić information content (AvgIpc) is 3.53. The Morgan fingerprint density at radius 3 is 2.81 bits per heavy atom. The van der Waals surface area contributed by atoms with Gasteiger partial charge in [0.1, 0.15) is 11.9 Å². The van der Waals surface area contributed by atoms with Crippen molar-refractivity contribution in [2.75, 3.05) is 26.2 Å². The van der Waals surface area contributed by atoms with Crippen LogP contribution in [0.4, 0.5) is 0 Å². The molecule has 2 heterocycles. The molecule has 1 aliphatic heterocycles. The van der Waals surface area contributed by atoms with E-state index in [-0.39, 0.29) is 18.0 Å². The zero-order chi connectivity index (χ0) is 21.8. The topological polar surface area (TPSA) is 91.7 Å². The number of hydrogen-bond acceptors (Lipinski definition) is 6. The Morgan fingerprint density at radius 2 is 2.16 bits per heavy atom. The smallest absolute Gasteiger partial charge is 0.253 e. The summed E-state index contributed by atoms with van der Waals surface area (Å²) in [5.41, 5.74) is 5.35. The highest BCUT2D eigenvalue weighted by Gasteiger charge is 2.40. The number of rotatable bonds is 9. The number of carbonyl (C=O) groups is 1. The van der Waals surface area contributed by atoms with Crippen molar-refractivity contribution in [2.24, 2.45) is 0 Å². The summed E-state index contributed by atoms with van der Waals surface area (Å²) in [4.78, 5) is 20.3. The minimum Gasteiger partial charge on any atom is -0.366 e. The number of ether oxygens (including phenoxy) is 1. The van der Waals surface area contributed by atoms with Crippen LogP contribution in [0.15, 0.2) is 30.5 Å². The van der Waals surface area contributed by atoms with Gasteiger partial charge in [-0.25, -0.2) is 10.5 Å². The summed E-state index contributed by atoms with van der Waals surface area (Å²) in [5.74, 6) is 0.941. The number of nitrogens with zero attached hydrogens (tertiary/aromatic N) is 3. The Hall–Kier alpha value is -2.26. The van der Waals surface area contributed by atoms with Crippen LogP contribution in [0.5, 0.6) is 0 Å². The van der Waals surface area contributed by atoms with E-state index in [0.717, 1.165) is 49.4 Å². The van der Waals surface area contributed by atoms with Crippen molar-refractivity contribution in [1.82, 2.24) is 25.2 Å². The summed E-state index contributed by atoms with van der Waals surface area (Å²) >= 11 is 0. The fourth-order valence-corrected chi connectivity index (χ4v) is 4.14. The number of hydrogen-bond donors (Lipinski definition) is 3. The molecular formula is C23H33N5O3. The van der Waals surface area contributed by atoms with E-state index in [4.69, 9.17) is 14.9 Å². The second-order valence-electron chi connectivity index (χ2n) is 8.53. The first-order valence-electron chi connectivity index (χ1n) is 11.2. The molecule has 0 radical (unpaired) electrons. The van der Waals surface area contributed by atoms with Gasteiger partial charge in [-0.15, -0.1) is 0 Å². The Bertz CT molecular complexity index is 872. The van der Waals surface area contributed by atoms with Crippen LogP contribution in [0.1, 0.15) is 43.5 Å². The number of benzene rings is 1. The van der Waals surface area contributed by atoms with Gasteiger partial charge in [0.2, 0.25) is 0 Å². The molecule has 1 saturated heterocycles. The van der Waals surface area contributed by atoms with E-state index in [1.165, 1.54) is 5.56 Å². The maximum absolute atomic E-state index is 13.3. The summed E-state index contributed by atoms with van der Waals surface area (Å²) in [7, 11) is 0. The van der Waals surface area contributed by atoms with E-state index in [1.807, 2.05) is 4.90 Å². The van der Waals surface area contributed by atoms with Crippen LogP contribution < -0.4 is 10.8 Å². The largest absolute Gasteiger partial charge is 0.366 e. The van der Waals surface area contributed by atoms with Crippen molar-refractivity contribution in [3.8, 4) is 11.4 Å². The lowest BCUT2D eigenvalue weighted by atomic mass is 10.1. The van der Waals surface area contributed by atoms with Gasteiger partial charge in [-0.2, -0.15) is 0 Å². The number of morpholine rings is 1. The van der Waals surface area contributed by atoms with Gasteiger partial charge < -0.3 is 24.7 Å². The minimum atomic E-state index is -0.425. The number of aromatic nitrogens is 2. The minimum absolute atomic E-state index is 0.0538. The Morgan fingerprint density at radius 1 is 1.39 bits per heavy atom. The van der Waals surface area contributed by atoms with Crippen LogP contribution in [-0.4, -0.2) is 64.0 Å². The maximum Gasteiger partial charge on any atom is 0.253 e. The third-order valence-electron chi connectivity index (χ3n) is 6.04. The van der Waals surface area contributed by atoms with Gasteiger partial charge >= 0.3 is 0 Å². The molecule has 3 N–H and O–H groups in total. The Balaban J connectivity index is 1.61. The average molecular weight is 428 g/mol. The van der Waals surface area contributed by atoms with E-state index in [9.17, 15) is 4.79 Å².